The third-order valence-corrected chi connectivity index (χ3v) is 6.80. The van der Waals surface area contributed by atoms with Gasteiger partial charge in [-0.25, -0.2) is 4.79 Å². The van der Waals surface area contributed by atoms with E-state index in [1.54, 1.807) is 0 Å². The van der Waals surface area contributed by atoms with E-state index in [1.165, 1.54) is 11.1 Å². The van der Waals surface area contributed by atoms with Crippen molar-refractivity contribution in [2.24, 2.45) is 0 Å². The van der Waals surface area contributed by atoms with Gasteiger partial charge in [-0.1, -0.05) is 47.5 Å². The molecule has 1 aliphatic carbocycles. The van der Waals surface area contributed by atoms with Crippen LogP contribution in [0.3, 0.4) is 0 Å². The Kier molecular flexibility index (Phi) is 4.91. The average molecular weight is 464 g/mol. The van der Waals surface area contributed by atoms with Crippen LogP contribution >= 0.6 is 11.6 Å². The molecule has 1 atom stereocenters. The van der Waals surface area contributed by atoms with Crippen LogP contribution in [-0.4, -0.2) is 14.5 Å². The molecule has 4 nitrogen and oxygen atoms in total. The molecule has 0 fully saturated rings. The molecule has 1 aliphatic rings. The smallest absolute Gasteiger partial charge is 0.323 e. The van der Waals surface area contributed by atoms with Crippen molar-refractivity contribution in [3.05, 3.63) is 128 Å². The molecule has 5 heteroatoms. The van der Waals surface area contributed by atoms with Gasteiger partial charge in [-0.15, -0.1) is 5.73 Å². The van der Waals surface area contributed by atoms with E-state index in [9.17, 15) is 4.79 Å². The Balaban J connectivity index is 1.42. The molecular formula is C29H22ClN3O. The van der Waals surface area contributed by atoms with E-state index in [2.05, 4.69) is 81.9 Å². The molecular weight excluding hydrogens is 442 g/mol. The first-order chi connectivity index (χ1) is 16.5. The summed E-state index contributed by atoms with van der Waals surface area (Å²) in [6, 6.07) is 23.1. The van der Waals surface area contributed by atoms with Gasteiger partial charge in [0.2, 0.25) is 0 Å². The minimum absolute atomic E-state index is 0.0132. The van der Waals surface area contributed by atoms with Crippen LogP contribution in [0.4, 0.5) is 0 Å². The standard InChI is InChI=1S/C29H22ClN3O/c1-18-7-9-19(10-8-18)17-33-13-3-6-28(33)21-14-24-22(4-2-5-23(24)25(30)15-21)20-11-12-26-27(16-20)32-29(34)31-26/h3-16,22H,17H2,1H3,(H2,31,32,34). The van der Waals surface area contributed by atoms with Crippen molar-refractivity contribution in [3.8, 4) is 11.3 Å². The summed E-state index contributed by atoms with van der Waals surface area (Å²) in [6.45, 7) is 2.89. The fourth-order valence-corrected chi connectivity index (χ4v) is 5.02. The summed E-state index contributed by atoms with van der Waals surface area (Å²) in [5, 5.41) is 0.706. The first-order valence-corrected chi connectivity index (χ1v) is 11.6. The third kappa shape index (κ3) is 3.63. The van der Waals surface area contributed by atoms with Gasteiger partial charge in [0, 0.05) is 34.9 Å². The molecule has 5 aromatic rings. The van der Waals surface area contributed by atoms with Crippen LogP contribution in [0, 0.1) is 6.92 Å². The summed E-state index contributed by atoms with van der Waals surface area (Å²) in [4.78, 5) is 17.4. The lowest BCUT2D eigenvalue weighted by Crippen LogP contribution is -2.05. The number of fused-ring (bicyclic) bond motifs is 2. The van der Waals surface area contributed by atoms with Crippen molar-refractivity contribution >= 4 is 28.7 Å². The number of rotatable bonds is 4. The predicted molar refractivity (Wildman–Crippen MR) is 138 cm³/mol. The molecule has 2 N–H and O–H groups in total. The SMILES string of the molecule is Cc1ccc(Cn2cccc2-c2cc(Cl)c3c(c2)C(c2ccc4[nH]c(=O)[nH]c4c2)C=C=C3)cc1. The number of aryl methyl sites for hydroxylation is 1. The van der Waals surface area contributed by atoms with Crippen LogP contribution in [0.2, 0.25) is 5.02 Å². The van der Waals surface area contributed by atoms with Gasteiger partial charge >= 0.3 is 5.69 Å². The number of aromatic nitrogens is 3. The van der Waals surface area contributed by atoms with Crippen molar-refractivity contribution < 1.29 is 0 Å². The molecule has 1 unspecified atom stereocenters. The Bertz CT molecular complexity index is 1660. The second kappa shape index (κ2) is 8.11. The van der Waals surface area contributed by atoms with Gasteiger partial charge in [0.1, 0.15) is 0 Å². The number of H-pyrrole nitrogens is 2. The van der Waals surface area contributed by atoms with E-state index in [4.69, 9.17) is 11.6 Å². The first-order valence-electron chi connectivity index (χ1n) is 11.2. The molecule has 0 bridgehead atoms. The second-order valence-electron chi connectivity index (χ2n) is 8.81. The molecule has 0 aliphatic heterocycles. The maximum atomic E-state index is 11.7. The van der Waals surface area contributed by atoms with Crippen LogP contribution in [0.25, 0.3) is 28.4 Å². The molecule has 0 saturated heterocycles. The Morgan fingerprint density at radius 2 is 1.82 bits per heavy atom. The van der Waals surface area contributed by atoms with E-state index in [0.717, 1.165) is 45.5 Å². The number of nitrogens with zero attached hydrogens (tertiary/aromatic N) is 1. The van der Waals surface area contributed by atoms with E-state index in [-0.39, 0.29) is 11.6 Å². The van der Waals surface area contributed by atoms with Crippen LogP contribution in [0.5, 0.6) is 0 Å². The number of allylic oxidation sites excluding steroid dienone is 1. The predicted octanol–water partition coefficient (Wildman–Crippen LogP) is 6.65. The summed E-state index contributed by atoms with van der Waals surface area (Å²) in [7, 11) is 0. The largest absolute Gasteiger partial charge is 0.343 e. The van der Waals surface area contributed by atoms with Gasteiger partial charge in [0.05, 0.1) is 11.0 Å². The molecule has 0 amide bonds. The highest BCUT2D eigenvalue weighted by atomic mass is 35.5. The maximum absolute atomic E-state index is 11.7. The van der Waals surface area contributed by atoms with E-state index in [1.807, 2.05) is 30.3 Å². The minimum atomic E-state index is -0.202. The summed E-state index contributed by atoms with van der Waals surface area (Å²) in [5.74, 6) is -0.0132. The zero-order chi connectivity index (χ0) is 23.2. The topological polar surface area (TPSA) is 53.6 Å². The Morgan fingerprint density at radius 1 is 1.00 bits per heavy atom. The second-order valence-corrected chi connectivity index (χ2v) is 9.21. The Hall–Kier alpha value is -3.98. The molecule has 2 heterocycles. The molecule has 2 aromatic heterocycles. The third-order valence-electron chi connectivity index (χ3n) is 6.49. The fraction of sp³-hybridized carbons (Fsp3) is 0.103. The lowest BCUT2D eigenvalue weighted by atomic mass is 9.84. The van der Waals surface area contributed by atoms with Gasteiger partial charge < -0.3 is 14.5 Å². The number of benzene rings is 3. The van der Waals surface area contributed by atoms with E-state index in [0.29, 0.717) is 5.02 Å². The zero-order valence-electron chi connectivity index (χ0n) is 18.6. The van der Waals surface area contributed by atoms with Crippen molar-refractivity contribution in [2.75, 3.05) is 0 Å². The molecule has 34 heavy (non-hydrogen) atoms. The number of nitrogens with one attached hydrogen (secondary N) is 2. The van der Waals surface area contributed by atoms with Gasteiger partial charge in [0.25, 0.3) is 0 Å². The Labute approximate surface area is 201 Å². The molecule has 0 saturated carbocycles. The van der Waals surface area contributed by atoms with Crippen molar-refractivity contribution in [1.29, 1.82) is 0 Å². The summed E-state index contributed by atoms with van der Waals surface area (Å²) >= 11 is 6.80. The van der Waals surface area contributed by atoms with E-state index >= 15 is 0 Å². The van der Waals surface area contributed by atoms with Crippen LogP contribution in [0.15, 0.2) is 89.5 Å². The molecule has 0 radical (unpaired) electrons. The minimum Gasteiger partial charge on any atom is -0.343 e. The molecule has 6 rings (SSSR count). The lowest BCUT2D eigenvalue weighted by Gasteiger charge is -2.21. The molecule has 3 aromatic carbocycles. The highest BCUT2D eigenvalue weighted by molar-refractivity contribution is 6.32. The van der Waals surface area contributed by atoms with Gasteiger partial charge in [0.15, 0.2) is 0 Å². The van der Waals surface area contributed by atoms with Gasteiger partial charge in [-0.3, -0.25) is 0 Å². The number of hydrogen-bond donors (Lipinski definition) is 2. The van der Waals surface area contributed by atoms with Crippen LogP contribution in [-0.2, 0) is 6.54 Å². The average Bonchev–Trinajstić information content (AvgIpc) is 3.45. The number of halogens is 1. The normalized spacial score (nSPS) is 14.6. The highest BCUT2D eigenvalue weighted by Crippen LogP contribution is 2.39. The quantitative estimate of drug-likeness (QED) is 0.288. The first kappa shape index (κ1) is 20.6. The zero-order valence-corrected chi connectivity index (χ0v) is 19.4. The molecule has 166 valence electrons. The van der Waals surface area contributed by atoms with Gasteiger partial charge in [-0.05, 0) is 77.7 Å². The number of aromatic amines is 2. The van der Waals surface area contributed by atoms with Crippen molar-refractivity contribution in [3.63, 3.8) is 0 Å². The maximum Gasteiger partial charge on any atom is 0.323 e. The van der Waals surface area contributed by atoms with E-state index < -0.39 is 0 Å². The Morgan fingerprint density at radius 3 is 2.68 bits per heavy atom. The number of hydrogen-bond acceptors (Lipinski definition) is 1. The lowest BCUT2D eigenvalue weighted by molar-refractivity contribution is 0.813. The summed E-state index contributed by atoms with van der Waals surface area (Å²) < 4.78 is 2.25. The van der Waals surface area contributed by atoms with Crippen LogP contribution in [0.1, 0.15) is 33.7 Å². The van der Waals surface area contributed by atoms with Crippen molar-refractivity contribution in [2.45, 2.75) is 19.4 Å². The fourth-order valence-electron chi connectivity index (χ4n) is 4.74. The summed E-state index contributed by atoms with van der Waals surface area (Å²) in [5.41, 5.74) is 12.5. The van der Waals surface area contributed by atoms with Gasteiger partial charge in [-0.2, -0.15) is 0 Å². The molecule has 0 spiro atoms. The monoisotopic (exact) mass is 463 g/mol. The summed E-state index contributed by atoms with van der Waals surface area (Å²) in [6.07, 6.45) is 6.11. The van der Waals surface area contributed by atoms with Crippen molar-refractivity contribution in [1.82, 2.24) is 14.5 Å². The van der Waals surface area contributed by atoms with Crippen LogP contribution < -0.4 is 5.69 Å². The highest BCUT2D eigenvalue weighted by Gasteiger charge is 2.21. The number of imidazole rings is 1.